The molecule has 1 unspecified atom stereocenters. The number of carbonyl (C=O) groups is 2. The van der Waals surface area contributed by atoms with Crippen molar-refractivity contribution in [3.05, 3.63) is 64.7 Å². The molecule has 2 heterocycles. The van der Waals surface area contributed by atoms with Crippen LogP contribution >= 0.6 is 0 Å². The van der Waals surface area contributed by atoms with Crippen molar-refractivity contribution in [3.63, 3.8) is 0 Å². The molecular weight excluding hydrogens is 470 g/mol. The Morgan fingerprint density at radius 2 is 1.78 bits per heavy atom. The molecule has 2 aromatic carbocycles. The number of aryl methyl sites for hydroxylation is 1. The zero-order valence-corrected chi connectivity index (χ0v) is 22.2. The van der Waals surface area contributed by atoms with Crippen LogP contribution in [0.3, 0.4) is 0 Å². The highest BCUT2D eigenvalue weighted by molar-refractivity contribution is 6.46. The van der Waals surface area contributed by atoms with E-state index in [0.717, 1.165) is 42.9 Å². The minimum atomic E-state index is -0.660. The van der Waals surface area contributed by atoms with Crippen LogP contribution in [-0.4, -0.2) is 86.7 Å². The molecule has 1 atom stereocenters. The molecule has 2 aliphatic rings. The number of nitrogens with zero attached hydrogens (tertiary/aromatic N) is 3. The summed E-state index contributed by atoms with van der Waals surface area (Å²) in [4.78, 5) is 32.6. The van der Waals surface area contributed by atoms with Crippen LogP contribution in [0, 0.1) is 6.92 Å². The maximum Gasteiger partial charge on any atom is 0.295 e. The number of Topliss-reactive ketones (excluding diaryl/α,β-unsaturated/α-hetero) is 1. The van der Waals surface area contributed by atoms with Gasteiger partial charge in [0.25, 0.3) is 11.7 Å². The van der Waals surface area contributed by atoms with Gasteiger partial charge in [-0.1, -0.05) is 12.1 Å². The van der Waals surface area contributed by atoms with Gasteiger partial charge in [0, 0.05) is 51.5 Å². The third kappa shape index (κ3) is 5.81. The van der Waals surface area contributed by atoms with Crippen molar-refractivity contribution in [2.24, 2.45) is 0 Å². The van der Waals surface area contributed by atoms with Gasteiger partial charge in [-0.3, -0.25) is 14.5 Å². The normalized spacial score (nSPS) is 19.9. The molecule has 0 bridgehead atoms. The van der Waals surface area contributed by atoms with Crippen molar-refractivity contribution >= 4 is 23.1 Å². The van der Waals surface area contributed by atoms with E-state index in [4.69, 9.17) is 9.47 Å². The number of carbonyl (C=O) groups excluding carboxylic acids is 2. The molecular formula is C29H37N3O5. The smallest absolute Gasteiger partial charge is 0.295 e. The van der Waals surface area contributed by atoms with E-state index < -0.39 is 17.7 Å². The predicted molar refractivity (Wildman–Crippen MR) is 144 cm³/mol. The zero-order chi connectivity index (χ0) is 26.5. The van der Waals surface area contributed by atoms with Crippen molar-refractivity contribution in [1.82, 2.24) is 9.80 Å². The van der Waals surface area contributed by atoms with Crippen molar-refractivity contribution < 1.29 is 24.2 Å². The second-order valence-corrected chi connectivity index (χ2v) is 9.70. The Morgan fingerprint density at radius 3 is 2.41 bits per heavy atom. The summed E-state index contributed by atoms with van der Waals surface area (Å²) in [6, 6.07) is 12.5. The Kier molecular flexibility index (Phi) is 8.51. The van der Waals surface area contributed by atoms with E-state index in [1.165, 1.54) is 0 Å². The van der Waals surface area contributed by atoms with Crippen LogP contribution in [0.1, 0.15) is 36.1 Å². The Balaban J connectivity index is 1.70. The Labute approximate surface area is 219 Å². The van der Waals surface area contributed by atoms with Gasteiger partial charge in [-0.15, -0.1) is 0 Å². The van der Waals surface area contributed by atoms with Crippen LogP contribution in [0.15, 0.2) is 48.0 Å². The number of aliphatic hydroxyl groups is 1. The van der Waals surface area contributed by atoms with Crippen molar-refractivity contribution in [1.29, 1.82) is 0 Å². The monoisotopic (exact) mass is 507 g/mol. The van der Waals surface area contributed by atoms with Crippen LogP contribution in [0.25, 0.3) is 5.76 Å². The van der Waals surface area contributed by atoms with Crippen LogP contribution in [0.5, 0.6) is 5.75 Å². The summed E-state index contributed by atoms with van der Waals surface area (Å²) in [6.45, 7) is 8.69. The largest absolute Gasteiger partial charge is 0.507 e. The molecule has 0 saturated carbocycles. The van der Waals surface area contributed by atoms with Gasteiger partial charge in [0.15, 0.2) is 0 Å². The highest BCUT2D eigenvalue weighted by Gasteiger charge is 2.46. The summed E-state index contributed by atoms with van der Waals surface area (Å²) in [7, 11) is 3.92. The first kappa shape index (κ1) is 26.7. The SMILES string of the molecule is CCOc1ccc(/C(O)=C2/C(=O)C(=O)N(CCCN3CCOCC3)C2c2ccc(N(C)C)cc2)c(C)c1. The molecule has 2 aliphatic heterocycles. The van der Waals surface area contributed by atoms with Crippen LogP contribution < -0.4 is 9.64 Å². The predicted octanol–water partition coefficient (Wildman–Crippen LogP) is 3.60. The maximum atomic E-state index is 13.4. The quantitative estimate of drug-likeness (QED) is 0.315. The third-order valence-electron chi connectivity index (χ3n) is 7.01. The van der Waals surface area contributed by atoms with E-state index >= 15 is 0 Å². The second-order valence-electron chi connectivity index (χ2n) is 9.70. The lowest BCUT2D eigenvalue weighted by Gasteiger charge is -2.29. The zero-order valence-electron chi connectivity index (χ0n) is 22.2. The summed E-state index contributed by atoms with van der Waals surface area (Å²) >= 11 is 0. The Morgan fingerprint density at radius 1 is 1.08 bits per heavy atom. The van der Waals surface area contributed by atoms with Gasteiger partial charge in [-0.2, -0.15) is 0 Å². The fraction of sp³-hybridized carbons (Fsp3) is 0.448. The molecule has 1 amide bonds. The van der Waals surface area contributed by atoms with Crippen LogP contribution in [0.2, 0.25) is 0 Å². The number of likely N-dealkylation sites (tertiary alicyclic amines) is 1. The molecule has 198 valence electrons. The van der Waals surface area contributed by atoms with E-state index in [0.29, 0.717) is 37.7 Å². The summed E-state index contributed by atoms with van der Waals surface area (Å²) < 4.78 is 11.0. The molecule has 2 saturated heterocycles. The molecule has 37 heavy (non-hydrogen) atoms. The number of ether oxygens (including phenoxy) is 2. The lowest BCUT2D eigenvalue weighted by Crippen LogP contribution is -2.38. The van der Waals surface area contributed by atoms with Gasteiger partial charge in [0.05, 0.1) is 31.4 Å². The summed E-state index contributed by atoms with van der Waals surface area (Å²) in [5.41, 5.74) is 3.21. The molecule has 0 spiro atoms. The van der Waals surface area contributed by atoms with Gasteiger partial charge >= 0.3 is 0 Å². The minimum absolute atomic E-state index is 0.126. The molecule has 0 aromatic heterocycles. The number of morpholine rings is 1. The molecule has 4 rings (SSSR count). The first-order valence-electron chi connectivity index (χ1n) is 12.9. The summed E-state index contributed by atoms with van der Waals surface area (Å²) in [5.74, 6) is -0.695. The van der Waals surface area contributed by atoms with Gasteiger partial charge in [-0.25, -0.2) is 0 Å². The lowest BCUT2D eigenvalue weighted by molar-refractivity contribution is -0.140. The number of benzene rings is 2. The average Bonchev–Trinajstić information content (AvgIpc) is 3.14. The molecule has 8 heteroatoms. The van der Waals surface area contributed by atoms with E-state index in [1.54, 1.807) is 17.0 Å². The third-order valence-corrected chi connectivity index (χ3v) is 7.01. The first-order chi connectivity index (χ1) is 17.8. The van der Waals surface area contributed by atoms with E-state index in [9.17, 15) is 14.7 Å². The van der Waals surface area contributed by atoms with Gasteiger partial charge in [0.2, 0.25) is 0 Å². The number of anilines is 1. The molecule has 0 aliphatic carbocycles. The standard InChI is InChI=1S/C29H37N3O5/c1-5-37-23-11-12-24(20(2)19-23)27(33)25-26(21-7-9-22(10-8-21)30(3)4)32(29(35)28(25)34)14-6-13-31-15-17-36-18-16-31/h7-12,19,26,33H,5-6,13-18H2,1-4H3/b27-25-. The van der Waals surface area contributed by atoms with Crippen molar-refractivity contribution in [2.45, 2.75) is 26.3 Å². The first-order valence-corrected chi connectivity index (χ1v) is 12.9. The van der Waals surface area contributed by atoms with E-state index in [1.807, 2.05) is 63.2 Å². The molecule has 1 N–H and O–H groups in total. The Hall–Kier alpha value is -3.36. The van der Waals surface area contributed by atoms with Crippen molar-refractivity contribution in [2.75, 3.05) is 65.0 Å². The van der Waals surface area contributed by atoms with Gasteiger partial charge < -0.3 is 24.4 Å². The van der Waals surface area contributed by atoms with E-state index in [2.05, 4.69) is 4.90 Å². The fourth-order valence-corrected chi connectivity index (χ4v) is 5.00. The van der Waals surface area contributed by atoms with E-state index in [-0.39, 0.29) is 11.3 Å². The number of hydrogen-bond donors (Lipinski definition) is 1. The summed E-state index contributed by atoms with van der Waals surface area (Å²) in [6.07, 6.45) is 0.724. The number of ketones is 1. The average molecular weight is 508 g/mol. The fourth-order valence-electron chi connectivity index (χ4n) is 5.00. The number of hydrogen-bond acceptors (Lipinski definition) is 7. The van der Waals surface area contributed by atoms with Crippen molar-refractivity contribution in [3.8, 4) is 5.75 Å². The maximum absolute atomic E-state index is 13.4. The van der Waals surface area contributed by atoms with Gasteiger partial charge in [-0.05, 0) is 61.7 Å². The number of amides is 1. The highest BCUT2D eigenvalue weighted by atomic mass is 16.5. The molecule has 0 radical (unpaired) electrons. The van der Waals surface area contributed by atoms with Crippen LogP contribution in [0.4, 0.5) is 5.69 Å². The summed E-state index contributed by atoms with van der Waals surface area (Å²) in [5, 5.41) is 11.4. The minimum Gasteiger partial charge on any atom is -0.507 e. The topological polar surface area (TPSA) is 82.5 Å². The highest BCUT2D eigenvalue weighted by Crippen LogP contribution is 2.40. The molecule has 2 aromatic rings. The second kappa shape index (κ2) is 11.8. The Bertz CT molecular complexity index is 1150. The van der Waals surface area contributed by atoms with Crippen LogP contribution in [-0.2, 0) is 14.3 Å². The molecule has 2 fully saturated rings. The number of rotatable bonds is 9. The molecule has 8 nitrogen and oxygen atoms in total. The lowest BCUT2D eigenvalue weighted by atomic mass is 9.93. The van der Waals surface area contributed by atoms with Gasteiger partial charge in [0.1, 0.15) is 11.5 Å². The number of aliphatic hydroxyl groups excluding tert-OH is 1.